The quantitative estimate of drug-likeness (QED) is 0.799. The summed E-state index contributed by atoms with van der Waals surface area (Å²) in [6.07, 6.45) is 3.89. The van der Waals surface area contributed by atoms with Crippen LogP contribution in [0.5, 0.6) is 0 Å². The molecule has 0 radical (unpaired) electrons. The van der Waals surface area contributed by atoms with E-state index in [-0.39, 0.29) is 11.8 Å². The lowest BCUT2D eigenvalue weighted by molar-refractivity contribution is -0.119. The summed E-state index contributed by atoms with van der Waals surface area (Å²) in [4.78, 5) is 2.32. The van der Waals surface area contributed by atoms with Crippen molar-refractivity contribution >= 4 is 0 Å². The lowest BCUT2D eigenvalue weighted by Gasteiger charge is -2.39. The Morgan fingerprint density at radius 3 is 2.18 bits per heavy atom. The van der Waals surface area contributed by atoms with Gasteiger partial charge in [-0.2, -0.15) is 0 Å². The summed E-state index contributed by atoms with van der Waals surface area (Å²) in [7, 11) is 0. The van der Waals surface area contributed by atoms with Crippen LogP contribution in [0.25, 0.3) is 0 Å². The molecule has 1 saturated carbocycles. The van der Waals surface area contributed by atoms with Crippen LogP contribution in [0.2, 0.25) is 0 Å². The molecule has 4 heteroatoms. The number of nitrogens with one attached hydrogen (secondary N) is 1. The van der Waals surface area contributed by atoms with E-state index in [1.165, 1.54) is 12.8 Å². The number of nitrogens with zero attached hydrogens (tertiary/aromatic N) is 1. The highest BCUT2D eigenvalue weighted by atomic mass is 19.3. The molecule has 2 bridgehead atoms. The molecule has 2 aliphatic heterocycles. The van der Waals surface area contributed by atoms with E-state index in [9.17, 15) is 8.78 Å². The first-order valence-corrected chi connectivity index (χ1v) is 6.97. The van der Waals surface area contributed by atoms with Crippen molar-refractivity contribution in [2.24, 2.45) is 17.8 Å². The Kier molecular flexibility index (Phi) is 3.11. The number of fused-ring (bicyclic) bond motifs is 2. The van der Waals surface area contributed by atoms with Crippen LogP contribution in [0.4, 0.5) is 8.78 Å². The molecule has 1 aliphatic carbocycles. The largest absolute Gasteiger partial charge is 0.317 e. The highest BCUT2D eigenvalue weighted by Gasteiger charge is 2.55. The maximum absolute atomic E-state index is 13.8. The van der Waals surface area contributed by atoms with E-state index in [0.29, 0.717) is 13.1 Å². The summed E-state index contributed by atoms with van der Waals surface area (Å²) in [6.45, 7) is 4.51. The molecule has 98 valence electrons. The van der Waals surface area contributed by atoms with Crippen molar-refractivity contribution < 1.29 is 8.78 Å². The third-order valence-corrected chi connectivity index (χ3v) is 4.88. The summed E-state index contributed by atoms with van der Waals surface area (Å²) >= 11 is 0. The zero-order valence-corrected chi connectivity index (χ0v) is 10.3. The summed E-state index contributed by atoms with van der Waals surface area (Å²) in [5.74, 6) is -2.36. The average Bonchev–Trinajstić information content (AvgIpc) is 2.53. The van der Waals surface area contributed by atoms with E-state index < -0.39 is 5.92 Å². The first kappa shape index (κ1) is 11.8. The Morgan fingerprint density at radius 2 is 1.59 bits per heavy atom. The number of hydrogen-bond acceptors (Lipinski definition) is 2. The Morgan fingerprint density at radius 1 is 1.00 bits per heavy atom. The lowest BCUT2D eigenvalue weighted by Crippen LogP contribution is -2.50. The second kappa shape index (κ2) is 4.47. The highest BCUT2D eigenvalue weighted by Crippen LogP contribution is 2.48. The molecule has 2 heterocycles. The van der Waals surface area contributed by atoms with Crippen LogP contribution >= 0.6 is 0 Å². The van der Waals surface area contributed by atoms with Gasteiger partial charge >= 0.3 is 0 Å². The molecule has 0 aromatic rings. The Hall–Kier alpha value is -0.220. The van der Waals surface area contributed by atoms with Crippen LogP contribution in [0.3, 0.4) is 0 Å². The van der Waals surface area contributed by atoms with E-state index in [4.69, 9.17) is 0 Å². The van der Waals surface area contributed by atoms with Crippen molar-refractivity contribution in [2.75, 3.05) is 32.7 Å². The van der Waals surface area contributed by atoms with Crippen molar-refractivity contribution in [3.63, 3.8) is 0 Å². The number of hydrogen-bond donors (Lipinski definition) is 1. The van der Waals surface area contributed by atoms with Crippen LogP contribution in [-0.2, 0) is 0 Å². The fraction of sp³-hybridized carbons (Fsp3) is 1.00. The topological polar surface area (TPSA) is 15.3 Å². The van der Waals surface area contributed by atoms with Gasteiger partial charge in [0.05, 0.1) is 0 Å². The molecule has 0 aromatic carbocycles. The van der Waals surface area contributed by atoms with Gasteiger partial charge in [-0.05, 0) is 44.7 Å². The van der Waals surface area contributed by atoms with E-state index in [2.05, 4.69) is 10.2 Å². The predicted octanol–water partition coefficient (Wildman–Crippen LogP) is 1.96. The zero-order chi connectivity index (χ0) is 11.9. The van der Waals surface area contributed by atoms with Crippen LogP contribution in [0, 0.1) is 17.8 Å². The van der Waals surface area contributed by atoms with Crippen LogP contribution < -0.4 is 5.32 Å². The fourth-order valence-corrected chi connectivity index (χ4v) is 3.82. The monoisotopic (exact) mass is 244 g/mol. The number of likely N-dealkylation sites (tertiary alicyclic amines) is 1. The normalized spacial score (nSPS) is 38.5. The fourth-order valence-electron chi connectivity index (χ4n) is 3.82. The first-order chi connectivity index (χ1) is 8.16. The number of piperidine rings is 2. The number of rotatable bonds is 2. The van der Waals surface area contributed by atoms with Gasteiger partial charge in [-0.3, -0.25) is 0 Å². The van der Waals surface area contributed by atoms with E-state index in [1.807, 2.05) is 0 Å². The molecule has 2 saturated heterocycles. The Bertz CT molecular complexity index is 261. The van der Waals surface area contributed by atoms with Crippen LogP contribution in [0.15, 0.2) is 0 Å². The van der Waals surface area contributed by atoms with Crippen molar-refractivity contribution in [3.05, 3.63) is 0 Å². The lowest BCUT2D eigenvalue weighted by atomic mass is 9.91. The highest BCUT2D eigenvalue weighted by molar-refractivity contribution is 4.98. The minimum Gasteiger partial charge on any atom is -0.317 e. The maximum atomic E-state index is 13.8. The third-order valence-electron chi connectivity index (χ3n) is 4.88. The molecular formula is C13H22F2N2. The van der Waals surface area contributed by atoms with Gasteiger partial charge in [-0.15, -0.1) is 0 Å². The van der Waals surface area contributed by atoms with Gasteiger partial charge in [0.2, 0.25) is 0 Å². The molecule has 3 rings (SSSR count). The molecule has 2 unspecified atom stereocenters. The Labute approximate surface area is 102 Å². The molecule has 0 spiro atoms. The molecule has 2 atom stereocenters. The second-order valence-electron chi connectivity index (χ2n) is 6.06. The van der Waals surface area contributed by atoms with Crippen molar-refractivity contribution in [1.82, 2.24) is 10.2 Å². The minimum absolute atomic E-state index is 0.358. The molecular weight excluding hydrogens is 222 g/mol. The molecule has 3 fully saturated rings. The first-order valence-electron chi connectivity index (χ1n) is 6.97. The molecule has 1 N–H and O–H groups in total. The van der Waals surface area contributed by atoms with E-state index >= 15 is 0 Å². The summed E-state index contributed by atoms with van der Waals surface area (Å²) in [5, 5.41) is 3.36. The predicted molar refractivity (Wildman–Crippen MR) is 63.2 cm³/mol. The van der Waals surface area contributed by atoms with Gasteiger partial charge in [0.25, 0.3) is 5.92 Å². The minimum atomic E-state index is -2.37. The standard InChI is InChI=1S/C13H22F2N2/c14-13(15)11-1-2-12(13)9-17(8-11)7-10-3-5-16-6-4-10/h10-12,16H,1-9H2. The van der Waals surface area contributed by atoms with Crippen molar-refractivity contribution in [2.45, 2.75) is 31.6 Å². The third kappa shape index (κ3) is 2.22. The van der Waals surface area contributed by atoms with Gasteiger partial charge in [-0.25, -0.2) is 8.78 Å². The van der Waals surface area contributed by atoms with Gasteiger partial charge in [0, 0.05) is 31.5 Å². The Balaban J connectivity index is 1.57. The second-order valence-corrected chi connectivity index (χ2v) is 6.06. The van der Waals surface area contributed by atoms with Gasteiger partial charge in [-0.1, -0.05) is 0 Å². The smallest absolute Gasteiger partial charge is 0.256 e. The molecule has 17 heavy (non-hydrogen) atoms. The SMILES string of the molecule is FC1(F)C2CCC1CN(CC1CCNCC1)C2. The molecule has 2 nitrogen and oxygen atoms in total. The molecule has 0 amide bonds. The number of halogens is 2. The van der Waals surface area contributed by atoms with Gasteiger partial charge < -0.3 is 10.2 Å². The zero-order valence-electron chi connectivity index (χ0n) is 10.3. The van der Waals surface area contributed by atoms with E-state index in [1.54, 1.807) is 0 Å². The molecule has 3 aliphatic rings. The van der Waals surface area contributed by atoms with Gasteiger partial charge in [0.15, 0.2) is 0 Å². The van der Waals surface area contributed by atoms with Gasteiger partial charge in [0.1, 0.15) is 0 Å². The molecule has 0 aromatic heterocycles. The van der Waals surface area contributed by atoms with Crippen LogP contribution in [-0.4, -0.2) is 43.5 Å². The maximum Gasteiger partial charge on any atom is 0.256 e. The average molecular weight is 244 g/mol. The van der Waals surface area contributed by atoms with E-state index in [0.717, 1.165) is 38.4 Å². The summed E-state index contributed by atoms with van der Waals surface area (Å²) < 4.78 is 27.5. The van der Waals surface area contributed by atoms with Crippen molar-refractivity contribution in [1.29, 1.82) is 0 Å². The summed E-state index contributed by atoms with van der Waals surface area (Å²) in [6, 6.07) is 0. The van der Waals surface area contributed by atoms with Crippen molar-refractivity contribution in [3.8, 4) is 0 Å². The summed E-state index contributed by atoms with van der Waals surface area (Å²) in [5.41, 5.74) is 0. The number of alkyl halides is 2. The van der Waals surface area contributed by atoms with Crippen LogP contribution in [0.1, 0.15) is 25.7 Å².